The van der Waals surface area contributed by atoms with Crippen LogP contribution in [0, 0.1) is 0 Å². The van der Waals surface area contributed by atoms with Crippen molar-refractivity contribution < 1.29 is 4.74 Å². The van der Waals surface area contributed by atoms with Crippen LogP contribution in [0.2, 0.25) is 0 Å². The van der Waals surface area contributed by atoms with E-state index in [1.54, 1.807) is 11.3 Å². The first-order valence-electron chi connectivity index (χ1n) is 8.75. The van der Waals surface area contributed by atoms with E-state index in [1.807, 2.05) is 30.3 Å². The average Bonchev–Trinajstić information content (AvgIpc) is 3.08. The van der Waals surface area contributed by atoms with Gasteiger partial charge in [-0.15, -0.1) is 0 Å². The summed E-state index contributed by atoms with van der Waals surface area (Å²) in [6.07, 6.45) is 0. The van der Waals surface area contributed by atoms with Gasteiger partial charge in [0.15, 0.2) is 5.13 Å². The van der Waals surface area contributed by atoms with E-state index >= 15 is 0 Å². The molecular weight excluding hydrogens is 330 g/mol. The third-order valence-electron chi connectivity index (χ3n) is 4.35. The Hall–Kier alpha value is -2.11. The monoisotopic (exact) mass is 355 g/mol. The first-order valence-corrected chi connectivity index (χ1v) is 9.57. The molecule has 3 aromatic rings. The lowest BCUT2D eigenvalue weighted by Crippen LogP contribution is -2.27. The van der Waals surface area contributed by atoms with Crippen molar-refractivity contribution in [3.05, 3.63) is 48.5 Å². The zero-order chi connectivity index (χ0) is 17.6. The van der Waals surface area contributed by atoms with Crippen molar-refractivity contribution in [1.82, 2.24) is 9.88 Å². The summed E-state index contributed by atoms with van der Waals surface area (Å²) in [4.78, 5) is 9.22. The fourth-order valence-corrected chi connectivity index (χ4v) is 3.70. The number of hydrogen-bond acceptors (Lipinski definition) is 5. The van der Waals surface area contributed by atoms with E-state index in [0.29, 0.717) is 6.61 Å². The van der Waals surface area contributed by atoms with Crippen molar-refractivity contribution in [2.24, 2.45) is 0 Å². The number of fused-ring (bicyclic) bond motifs is 1. The maximum Gasteiger partial charge on any atom is 0.190 e. The summed E-state index contributed by atoms with van der Waals surface area (Å²) >= 11 is 1.69. The van der Waals surface area contributed by atoms with Crippen molar-refractivity contribution in [2.75, 3.05) is 38.2 Å². The number of anilines is 2. The number of para-hydroxylation sites is 1. The molecule has 0 amide bonds. The third-order valence-corrected chi connectivity index (χ3v) is 5.44. The van der Waals surface area contributed by atoms with Gasteiger partial charge in [-0.1, -0.05) is 43.4 Å². The first kappa shape index (κ1) is 17.7. The molecule has 0 radical (unpaired) electrons. The van der Waals surface area contributed by atoms with Gasteiger partial charge >= 0.3 is 0 Å². The van der Waals surface area contributed by atoms with Crippen LogP contribution < -0.4 is 9.64 Å². The van der Waals surface area contributed by atoms with Crippen LogP contribution in [0.3, 0.4) is 0 Å². The van der Waals surface area contributed by atoms with Crippen LogP contribution >= 0.6 is 11.3 Å². The van der Waals surface area contributed by atoms with Crippen LogP contribution in [0.4, 0.5) is 10.8 Å². The lowest BCUT2D eigenvalue weighted by molar-refractivity contribution is 0.223. The molecule has 25 heavy (non-hydrogen) atoms. The van der Waals surface area contributed by atoms with Crippen molar-refractivity contribution in [2.45, 2.75) is 13.8 Å². The van der Waals surface area contributed by atoms with Gasteiger partial charge < -0.3 is 14.5 Å². The molecule has 2 aromatic carbocycles. The minimum Gasteiger partial charge on any atom is -0.492 e. The predicted octanol–water partition coefficient (Wildman–Crippen LogP) is 4.78. The fourth-order valence-electron chi connectivity index (χ4n) is 2.72. The second kappa shape index (κ2) is 8.32. The topological polar surface area (TPSA) is 28.6 Å². The van der Waals surface area contributed by atoms with Gasteiger partial charge in [-0.05, 0) is 43.4 Å². The fraction of sp³-hybridized carbons (Fsp3) is 0.350. The van der Waals surface area contributed by atoms with Gasteiger partial charge in [-0.3, -0.25) is 0 Å². The molecule has 1 heterocycles. The Morgan fingerprint density at radius 3 is 2.52 bits per heavy atom. The number of likely N-dealkylation sites (N-methyl/N-ethyl adjacent to an activating group) is 1. The molecule has 5 heteroatoms. The van der Waals surface area contributed by atoms with Crippen LogP contribution in [0.15, 0.2) is 48.5 Å². The lowest BCUT2D eigenvalue weighted by atomic mass is 10.3. The van der Waals surface area contributed by atoms with E-state index < -0.39 is 0 Å². The number of ether oxygens (including phenoxy) is 1. The molecule has 0 fully saturated rings. The number of aromatic nitrogens is 1. The molecule has 0 saturated heterocycles. The maximum absolute atomic E-state index is 5.93. The second-order valence-corrected chi connectivity index (χ2v) is 6.90. The molecule has 3 rings (SSSR count). The standard InChI is InChI=1S/C20H25N3OS/c1-4-23(5-2)13-14-24-17-11-12-18-19(15-17)25-20(21-18)22(3)16-9-7-6-8-10-16/h6-12,15H,4-5,13-14H2,1-3H3. The van der Waals surface area contributed by atoms with Gasteiger partial charge in [0, 0.05) is 19.3 Å². The summed E-state index contributed by atoms with van der Waals surface area (Å²) in [6.45, 7) is 8.14. The Kier molecular flexibility index (Phi) is 5.89. The maximum atomic E-state index is 5.93. The highest BCUT2D eigenvalue weighted by atomic mass is 32.1. The number of rotatable bonds is 8. The quantitative estimate of drug-likeness (QED) is 0.581. The normalized spacial score (nSPS) is 11.2. The number of benzene rings is 2. The molecule has 0 aliphatic heterocycles. The Labute approximate surface area is 153 Å². The molecule has 0 bridgehead atoms. The molecule has 1 aromatic heterocycles. The number of hydrogen-bond donors (Lipinski definition) is 0. The van der Waals surface area contributed by atoms with Crippen molar-refractivity contribution in [3.8, 4) is 5.75 Å². The third kappa shape index (κ3) is 4.30. The van der Waals surface area contributed by atoms with Gasteiger partial charge in [0.2, 0.25) is 0 Å². The van der Waals surface area contributed by atoms with Crippen LogP contribution in [0.5, 0.6) is 5.75 Å². The van der Waals surface area contributed by atoms with Gasteiger partial charge in [0.25, 0.3) is 0 Å². The first-order chi connectivity index (χ1) is 12.2. The molecule has 132 valence electrons. The summed E-state index contributed by atoms with van der Waals surface area (Å²) in [5.74, 6) is 0.914. The Balaban J connectivity index is 1.71. The zero-order valence-electron chi connectivity index (χ0n) is 15.1. The molecule has 0 spiro atoms. The highest BCUT2D eigenvalue weighted by Crippen LogP contribution is 2.33. The van der Waals surface area contributed by atoms with E-state index in [9.17, 15) is 0 Å². The largest absolute Gasteiger partial charge is 0.492 e. The van der Waals surface area contributed by atoms with Gasteiger partial charge in [0.05, 0.1) is 10.2 Å². The average molecular weight is 356 g/mol. The minimum absolute atomic E-state index is 0.711. The van der Waals surface area contributed by atoms with E-state index in [1.165, 1.54) is 0 Å². The van der Waals surface area contributed by atoms with Crippen LogP contribution in [-0.2, 0) is 0 Å². The molecule has 0 aliphatic carbocycles. The Morgan fingerprint density at radius 1 is 1.04 bits per heavy atom. The molecule has 0 N–H and O–H groups in total. The van der Waals surface area contributed by atoms with Gasteiger partial charge in [0.1, 0.15) is 12.4 Å². The molecule has 4 nitrogen and oxygen atoms in total. The Morgan fingerprint density at radius 2 is 1.80 bits per heavy atom. The van der Waals surface area contributed by atoms with Crippen molar-refractivity contribution >= 4 is 32.4 Å². The highest BCUT2D eigenvalue weighted by Gasteiger charge is 2.11. The van der Waals surface area contributed by atoms with E-state index in [0.717, 1.165) is 46.4 Å². The SMILES string of the molecule is CCN(CC)CCOc1ccc2nc(N(C)c3ccccc3)sc2c1. The highest BCUT2D eigenvalue weighted by molar-refractivity contribution is 7.22. The van der Waals surface area contributed by atoms with Crippen molar-refractivity contribution in [1.29, 1.82) is 0 Å². The van der Waals surface area contributed by atoms with Crippen LogP contribution in [0.1, 0.15) is 13.8 Å². The minimum atomic E-state index is 0.711. The van der Waals surface area contributed by atoms with Crippen molar-refractivity contribution in [3.63, 3.8) is 0 Å². The molecular formula is C20H25N3OS. The van der Waals surface area contributed by atoms with E-state index in [-0.39, 0.29) is 0 Å². The predicted molar refractivity (Wildman–Crippen MR) is 107 cm³/mol. The number of nitrogens with zero attached hydrogens (tertiary/aromatic N) is 3. The summed E-state index contributed by atoms with van der Waals surface area (Å²) in [6, 6.07) is 16.4. The summed E-state index contributed by atoms with van der Waals surface area (Å²) < 4.78 is 7.08. The summed E-state index contributed by atoms with van der Waals surface area (Å²) in [7, 11) is 2.05. The zero-order valence-corrected chi connectivity index (χ0v) is 15.9. The van der Waals surface area contributed by atoms with E-state index in [2.05, 4.69) is 48.9 Å². The smallest absolute Gasteiger partial charge is 0.190 e. The molecule has 0 atom stereocenters. The summed E-state index contributed by atoms with van der Waals surface area (Å²) in [5, 5.41) is 0.987. The number of thiazole rings is 1. The van der Waals surface area contributed by atoms with Crippen LogP contribution in [-0.4, -0.2) is 43.2 Å². The van der Waals surface area contributed by atoms with E-state index in [4.69, 9.17) is 9.72 Å². The summed E-state index contributed by atoms with van der Waals surface area (Å²) in [5.41, 5.74) is 2.15. The van der Waals surface area contributed by atoms with Gasteiger partial charge in [-0.2, -0.15) is 0 Å². The second-order valence-electron chi connectivity index (χ2n) is 5.90. The Bertz CT molecular complexity index is 799. The molecule has 0 saturated carbocycles. The lowest BCUT2D eigenvalue weighted by Gasteiger charge is -2.17. The molecule has 0 unspecified atom stereocenters. The van der Waals surface area contributed by atoms with Crippen LogP contribution in [0.25, 0.3) is 10.2 Å². The molecule has 0 aliphatic rings. The van der Waals surface area contributed by atoms with Gasteiger partial charge in [-0.25, -0.2) is 4.98 Å².